The predicted molar refractivity (Wildman–Crippen MR) is 94.4 cm³/mol. The van der Waals surface area contributed by atoms with E-state index in [1.807, 2.05) is 20.8 Å². The van der Waals surface area contributed by atoms with Gasteiger partial charge in [-0.25, -0.2) is 9.67 Å². The van der Waals surface area contributed by atoms with Gasteiger partial charge in [0.15, 0.2) is 10.8 Å². The van der Waals surface area contributed by atoms with Gasteiger partial charge in [-0.1, -0.05) is 17.8 Å². The molecule has 0 spiro atoms. The highest BCUT2D eigenvalue weighted by Gasteiger charge is 2.30. The molecular weight excluding hydrogens is 326 g/mol. The first-order chi connectivity index (χ1) is 11.3. The zero-order valence-corrected chi connectivity index (χ0v) is 14.9. The van der Waals surface area contributed by atoms with Gasteiger partial charge >= 0.3 is 0 Å². The first kappa shape index (κ1) is 16.8. The molecule has 1 amide bonds. The Kier molecular flexibility index (Phi) is 4.25. The van der Waals surface area contributed by atoms with Gasteiger partial charge in [0, 0.05) is 18.7 Å². The van der Waals surface area contributed by atoms with Crippen molar-refractivity contribution in [3.8, 4) is 0 Å². The quantitative estimate of drug-likeness (QED) is 0.672. The Bertz CT molecular complexity index is 862. The molecule has 0 saturated carbocycles. The summed E-state index contributed by atoms with van der Waals surface area (Å²) in [5.41, 5.74) is 0.216. The number of amides is 1. The van der Waals surface area contributed by atoms with Crippen LogP contribution in [0.15, 0.2) is 28.8 Å². The van der Waals surface area contributed by atoms with Gasteiger partial charge in [0.1, 0.15) is 5.39 Å². The van der Waals surface area contributed by atoms with Crippen LogP contribution in [-0.4, -0.2) is 37.5 Å². The van der Waals surface area contributed by atoms with Crippen LogP contribution in [0.1, 0.15) is 33.2 Å². The number of carbonyl (C=O) groups excluding carboxylic acids is 1. The minimum absolute atomic E-state index is 0.0919. The molecule has 1 aliphatic heterocycles. The maximum Gasteiger partial charge on any atom is 0.265 e. The number of nitrogens with zero attached hydrogens (tertiary/aromatic N) is 4. The van der Waals surface area contributed by atoms with E-state index in [-0.39, 0.29) is 29.5 Å². The summed E-state index contributed by atoms with van der Waals surface area (Å²) in [5, 5.41) is 8.23. The average Bonchev–Trinajstić information content (AvgIpc) is 3.10. The molecule has 7 nitrogen and oxygen atoms in total. The summed E-state index contributed by atoms with van der Waals surface area (Å²) in [4.78, 5) is 29.5. The molecule has 3 rings (SSSR count). The van der Waals surface area contributed by atoms with Crippen molar-refractivity contribution in [1.82, 2.24) is 24.6 Å². The number of fused-ring (bicyclic) bond motifs is 2. The van der Waals surface area contributed by atoms with E-state index < -0.39 is 0 Å². The van der Waals surface area contributed by atoms with Crippen molar-refractivity contribution in [3.05, 3.63) is 29.2 Å². The molecule has 0 saturated heterocycles. The van der Waals surface area contributed by atoms with E-state index in [9.17, 15) is 9.59 Å². The summed E-state index contributed by atoms with van der Waals surface area (Å²) in [7, 11) is 0. The normalized spacial score (nSPS) is 17.0. The van der Waals surface area contributed by atoms with Crippen molar-refractivity contribution >= 4 is 28.7 Å². The molecule has 3 heterocycles. The number of aromatic nitrogens is 4. The fourth-order valence-corrected chi connectivity index (χ4v) is 3.87. The summed E-state index contributed by atoms with van der Waals surface area (Å²) < 4.78 is 3.41. The van der Waals surface area contributed by atoms with Gasteiger partial charge in [0.05, 0.1) is 17.8 Å². The molecule has 0 radical (unpaired) electrons. The zero-order chi connectivity index (χ0) is 17.5. The number of nitrogens with one attached hydrogen (secondary N) is 1. The maximum atomic E-state index is 12.9. The summed E-state index contributed by atoms with van der Waals surface area (Å²) in [6.45, 7) is 10.1. The highest BCUT2D eigenvalue weighted by molar-refractivity contribution is 7.99. The maximum absolute atomic E-state index is 12.9. The lowest BCUT2D eigenvalue weighted by Gasteiger charge is -2.20. The second kappa shape index (κ2) is 6.08. The van der Waals surface area contributed by atoms with Crippen molar-refractivity contribution in [3.63, 3.8) is 0 Å². The lowest BCUT2D eigenvalue weighted by atomic mass is 10.1. The second-order valence-electron chi connectivity index (χ2n) is 6.80. The summed E-state index contributed by atoms with van der Waals surface area (Å²) in [6.07, 6.45) is 3.46. The highest BCUT2D eigenvalue weighted by atomic mass is 32.2. The molecule has 1 atom stereocenters. The Morgan fingerprint density at radius 2 is 2.29 bits per heavy atom. The summed E-state index contributed by atoms with van der Waals surface area (Å²) >= 11 is 1.50. The molecule has 0 bridgehead atoms. The third-order valence-corrected chi connectivity index (χ3v) is 4.97. The molecule has 1 aliphatic rings. The monoisotopic (exact) mass is 347 g/mol. The van der Waals surface area contributed by atoms with E-state index in [0.717, 1.165) is 0 Å². The fourth-order valence-electron chi connectivity index (χ4n) is 2.74. The van der Waals surface area contributed by atoms with Gasteiger partial charge in [0.2, 0.25) is 5.91 Å². The van der Waals surface area contributed by atoms with E-state index >= 15 is 0 Å². The van der Waals surface area contributed by atoms with Gasteiger partial charge in [-0.05, 0) is 20.8 Å². The van der Waals surface area contributed by atoms with Gasteiger partial charge in [-0.3, -0.25) is 14.2 Å². The molecule has 1 N–H and O–H groups in total. The number of hydrogen-bond acceptors (Lipinski definition) is 5. The summed E-state index contributed by atoms with van der Waals surface area (Å²) in [6, 6.07) is -0.183. The predicted octanol–water partition coefficient (Wildman–Crippen LogP) is 1.69. The van der Waals surface area contributed by atoms with E-state index in [0.29, 0.717) is 28.5 Å². The SMILES string of the molecule is C=CCNC(=O)CC1CSc2nc3c(cnn3C(C)(C)C)c(=O)n21. The summed E-state index contributed by atoms with van der Waals surface area (Å²) in [5.74, 6) is 0.574. The Hall–Kier alpha value is -2.09. The number of hydrogen-bond donors (Lipinski definition) is 1. The standard InChI is InChI=1S/C16H21N5O2S/c1-5-6-17-12(22)7-10-9-24-15-19-13-11(14(23)20(10)15)8-18-21(13)16(2,3)4/h5,8,10H,1,6-7,9H2,2-4H3,(H,17,22). The Labute approximate surface area is 144 Å². The number of carbonyl (C=O) groups is 1. The molecule has 0 fully saturated rings. The van der Waals surface area contributed by atoms with Crippen LogP contribution >= 0.6 is 11.8 Å². The minimum atomic E-state index is -0.257. The van der Waals surface area contributed by atoms with Crippen molar-refractivity contribution in [2.75, 3.05) is 12.3 Å². The Morgan fingerprint density at radius 3 is 2.96 bits per heavy atom. The van der Waals surface area contributed by atoms with E-state index in [2.05, 4.69) is 22.0 Å². The molecule has 24 heavy (non-hydrogen) atoms. The van der Waals surface area contributed by atoms with Gasteiger partial charge in [-0.2, -0.15) is 5.10 Å². The molecule has 1 unspecified atom stereocenters. The van der Waals surface area contributed by atoms with E-state index in [4.69, 9.17) is 0 Å². The Morgan fingerprint density at radius 1 is 1.54 bits per heavy atom. The lowest BCUT2D eigenvalue weighted by molar-refractivity contribution is -0.121. The topological polar surface area (TPSA) is 81.8 Å². The van der Waals surface area contributed by atoms with Crippen LogP contribution in [0.4, 0.5) is 0 Å². The van der Waals surface area contributed by atoms with Crippen LogP contribution in [0.25, 0.3) is 11.0 Å². The third kappa shape index (κ3) is 2.86. The molecule has 0 aromatic carbocycles. The van der Waals surface area contributed by atoms with Crippen LogP contribution in [0.5, 0.6) is 0 Å². The van der Waals surface area contributed by atoms with Crippen molar-refractivity contribution < 1.29 is 4.79 Å². The zero-order valence-electron chi connectivity index (χ0n) is 14.1. The molecule has 2 aromatic heterocycles. The molecular formula is C16H21N5O2S. The molecule has 2 aromatic rings. The van der Waals surface area contributed by atoms with Gasteiger partial charge in [0.25, 0.3) is 5.56 Å². The van der Waals surface area contributed by atoms with Crippen molar-refractivity contribution in [2.45, 2.75) is 43.9 Å². The average molecular weight is 347 g/mol. The third-order valence-electron chi connectivity index (χ3n) is 3.87. The molecule has 0 aliphatic carbocycles. The van der Waals surface area contributed by atoms with E-state index in [1.165, 1.54) is 11.8 Å². The smallest absolute Gasteiger partial charge is 0.265 e. The van der Waals surface area contributed by atoms with Crippen LogP contribution in [-0.2, 0) is 10.3 Å². The second-order valence-corrected chi connectivity index (χ2v) is 7.78. The molecule has 8 heteroatoms. The fraction of sp³-hybridized carbons (Fsp3) is 0.500. The van der Waals surface area contributed by atoms with E-state index in [1.54, 1.807) is 21.5 Å². The highest BCUT2D eigenvalue weighted by Crippen LogP contribution is 2.33. The van der Waals surface area contributed by atoms with Crippen LogP contribution in [0.2, 0.25) is 0 Å². The van der Waals surface area contributed by atoms with Crippen molar-refractivity contribution in [1.29, 1.82) is 0 Å². The lowest BCUT2D eigenvalue weighted by Crippen LogP contribution is -2.31. The largest absolute Gasteiger partial charge is 0.353 e. The van der Waals surface area contributed by atoms with Crippen LogP contribution < -0.4 is 10.9 Å². The first-order valence-corrected chi connectivity index (χ1v) is 8.82. The van der Waals surface area contributed by atoms with Crippen LogP contribution in [0, 0.1) is 0 Å². The molecule has 128 valence electrons. The first-order valence-electron chi connectivity index (χ1n) is 7.84. The Balaban J connectivity index is 1.99. The minimum Gasteiger partial charge on any atom is -0.353 e. The number of rotatable bonds is 4. The van der Waals surface area contributed by atoms with Gasteiger partial charge in [-0.15, -0.1) is 6.58 Å². The van der Waals surface area contributed by atoms with Crippen molar-refractivity contribution in [2.24, 2.45) is 0 Å². The van der Waals surface area contributed by atoms with Crippen LogP contribution in [0.3, 0.4) is 0 Å². The van der Waals surface area contributed by atoms with Gasteiger partial charge < -0.3 is 5.32 Å². The number of thioether (sulfide) groups is 1.